The van der Waals surface area contributed by atoms with Crippen LogP contribution in [0.1, 0.15) is 39.2 Å². The molecular formula is C27H31Cl2N5O. The number of nitrogens with zero attached hydrogens (tertiary/aromatic N) is 3. The topological polar surface area (TPSA) is 85.3 Å². The summed E-state index contributed by atoms with van der Waals surface area (Å²) in [5, 5.41) is 4.94. The molecule has 3 aliphatic rings. The van der Waals surface area contributed by atoms with E-state index in [0.717, 1.165) is 23.6 Å². The average molecular weight is 512 g/mol. The number of guanidine groups is 1. The first kappa shape index (κ1) is 24.1. The Kier molecular flexibility index (Phi) is 6.30. The van der Waals surface area contributed by atoms with Crippen molar-refractivity contribution in [2.24, 2.45) is 33.9 Å². The van der Waals surface area contributed by atoms with Gasteiger partial charge < -0.3 is 11.1 Å². The Labute approximate surface area is 215 Å². The minimum absolute atomic E-state index is 0.0915. The monoisotopic (exact) mass is 511 g/mol. The van der Waals surface area contributed by atoms with Gasteiger partial charge in [-0.2, -0.15) is 0 Å². The van der Waals surface area contributed by atoms with Crippen molar-refractivity contribution in [1.82, 2.24) is 9.55 Å². The van der Waals surface area contributed by atoms with Crippen molar-refractivity contribution in [3.63, 3.8) is 0 Å². The summed E-state index contributed by atoms with van der Waals surface area (Å²) in [6.07, 6.45) is 4.59. The fourth-order valence-corrected chi connectivity index (χ4v) is 6.52. The second-order valence-corrected chi connectivity index (χ2v) is 11.5. The molecule has 3 aliphatic carbocycles. The smallest absolute Gasteiger partial charge is 0.261 e. The number of benzene rings is 2. The Hall–Kier alpha value is -2.57. The van der Waals surface area contributed by atoms with E-state index in [0.29, 0.717) is 57.1 Å². The van der Waals surface area contributed by atoms with Gasteiger partial charge in [0.2, 0.25) is 0 Å². The van der Waals surface area contributed by atoms with E-state index >= 15 is 0 Å². The van der Waals surface area contributed by atoms with Gasteiger partial charge in [0, 0.05) is 22.3 Å². The third-order valence-electron chi connectivity index (χ3n) is 8.35. The van der Waals surface area contributed by atoms with Gasteiger partial charge in [-0.1, -0.05) is 50.0 Å². The molecule has 3 fully saturated rings. The number of anilines is 1. The Morgan fingerprint density at radius 3 is 2.74 bits per heavy atom. The Balaban J connectivity index is 1.28. The molecule has 3 saturated carbocycles. The number of rotatable bonds is 5. The van der Waals surface area contributed by atoms with Crippen LogP contribution in [0.5, 0.6) is 0 Å². The number of nitrogens with one attached hydrogen (secondary N) is 1. The van der Waals surface area contributed by atoms with Crippen molar-refractivity contribution in [2.75, 3.05) is 5.32 Å². The normalized spacial score (nSPS) is 25.3. The number of hydrogen-bond donors (Lipinski definition) is 2. The summed E-state index contributed by atoms with van der Waals surface area (Å²) < 4.78 is 1.60. The van der Waals surface area contributed by atoms with Crippen LogP contribution in [0.2, 0.25) is 10.0 Å². The molecule has 184 valence electrons. The standard InChI is InChI=1S/C27H31Cl2N5O/c1-15-21-10-17(27(21,2)3)11-23(15)33-26(30)32-19-6-7-20-24(13-19)31-14-34(25(20)35)9-8-16-4-5-18(28)12-22(16)29/h4-7,12-15,17,21,23H,8-11H2,1-3H3,(H3,30,32,33)/t15-,17-,21+,23-/m0/s1. The van der Waals surface area contributed by atoms with Gasteiger partial charge in [0.05, 0.1) is 23.3 Å². The molecule has 0 unspecified atom stereocenters. The molecular weight excluding hydrogens is 481 g/mol. The van der Waals surface area contributed by atoms with Crippen molar-refractivity contribution in [3.05, 3.63) is 68.7 Å². The minimum Gasteiger partial charge on any atom is -0.370 e. The molecule has 2 bridgehead atoms. The number of halogens is 2. The first-order valence-corrected chi connectivity index (χ1v) is 12.9. The summed E-state index contributed by atoms with van der Waals surface area (Å²) in [5.41, 5.74) is 8.92. The highest BCUT2D eigenvalue weighted by atomic mass is 35.5. The fourth-order valence-electron chi connectivity index (χ4n) is 6.01. The molecule has 8 heteroatoms. The highest BCUT2D eigenvalue weighted by molar-refractivity contribution is 6.35. The van der Waals surface area contributed by atoms with E-state index in [2.05, 4.69) is 31.1 Å². The van der Waals surface area contributed by atoms with Crippen molar-refractivity contribution in [2.45, 2.75) is 52.6 Å². The molecule has 0 radical (unpaired) electrons. The average Bonchev–Trinajstić information content (AvgIpc) is 2.80. The molecule has 6 rings (SSSR count). The highest BCUT2D eigenvalue weighted by Crippen LogP contribution is 2.61. The Morgan fingerprint density at radius 1 is 1.23 bits per heavy atom. The van der Waals surface area contributed by atoms with Gasteiger partial charge in [0.1, 0.15) is 0 Å². The summed E-state index contributed by atoms with van der Waals surface area (Å²) in [7, 11) is 0. The lowest BCUT2D eigenvalue weighted by molar-refractivity contribution is -0.108. The van der Waals surface area contributed by atoms with Crippen LogP contribution < -0.4 is 16.6 Å². The van der Waals surface area contributed by atoms with E-state index in [9.17, 15) is 4.79 Å². The lowest BCUT2D eigenvalue weighted by atomic mass is 9.45. The van der Waals surface area contributed by atoms with Gasteiger partial charge in [0.25, 0.3) is 5.56 Å². The van der Waals surface area contributed by atoms with Crippen LogP contribution in [0, 0.1) is 23.2 Å². The van der Waals surface area contributed by atoms with E-state index < -0.39 is 0 Å². The molecule has 6 nitrogen and oxygen atoms in total. The van der Waals surface area contributed by atoms with Crippen molar-refractivity contribution in [3.8, 4) is 0 Å². The zero-order valence-electron chi connectivity index (χ0n) is 20.3. The summed E-state index contributed by atoms with van der Waals surface area (Å²) in [5.74, 6) is 2.38. The minimum atomic E-state index is -0.0915. The van der Waals surface area contributed by atoms with Crippen LogP contribution in [-0.4, -0.2) is 21.6 Å². The highest BCUT2D eigenvalue weighted by Gasteiger charge is 2.56. The van der Waals surface area contributed by atoms with Gasteiger partial charge >= 0.3 is 0 Å². The molecule has 0 amide bonds. The van der Waals surface area contributed by atoms with E-state index in [-0.39, 0.29) is 11.6 Å². The predicted molar refractivity (Wildman–Crippen MR) is 144 cm³/mol. The molecule has 0 aliphatic heterocycles. The maximum Gasteiger partial charge on any atom is 0.261 e. The zero-order valence-corrected chi connectivity index (χ0v) is 21.8. The summed E-state index contributed by atoms with van der Waals surface area (Å²) in [6, 6.07) is 11.1. The second kappa shape index (κ2) is 9.14. The Morgan fingerprint density at radius 2 is 2.03 bits per heavy atom. The summed E-state index contributed by atoms with van der Waals surface area (Å²) in [6.45, 7) is 7.54. The van der Waals surface area contributed by atoms with E-state index in [1.165, 1.54) is 6.42 Å². The maximum absolute atomic E-state index is 13.0. The van der Waals surface area contributed by atoms with Crippen molar-refractivity contribution >= 4 is 45.8 Å². The molecule has 35 heavy (non-hydrogen) atoms. The SMILES string of the molecule is C[C@@H]1[C@@H](N=C(N)Nc2ccc3c(=O)n(CCc4ccc(Cl)cc4Cl)cnc3c2)C[C@@H]2C[C@H]1C2(C)C. The molecule has 1 heterocycles. The van der Waals surface area contributed by atoms with Crippen LogP contribution in [0.4, 0.5) is 5.69 Å². The van der Waals surface area contributed by atoms with Crippen LogP contribution in [-0.2, 0) is 13.0 Å². The zero-order chi connectivity index (χ0) is 24.9. The van der Waals surface area contributed by atoms with Crippen LogP contribution in [0.3, 0.4) is 0 Å². The van der Waals surface area contributed by atoms with Gasteiger partial charge in [-0.3, -0.25) is 9.36 Å². The van der Waals surface area contributed by atoms with Crippen molar-refractivity contribution in [1.29, 1.82) is 0 Å². The number of aliphatic imine (C=N–C) groups is 1. The second-order valence-electron chi connectivity index (χ2n) is 10.6. The number of aryl methyl sites for hydroxylation is 2. The van der Waals surface area contributed by atoms with Gasteiger partial charge in [-0.05, 0) is 78.3 Å². The van der Waals surface area contributed by atoms with E-state index in [1.54, 1.807) is 29.1 Å². The van der Waals surface area contributed by atoms with Gasteiger partial charge in [-0.15, -0.1) is 0 Å². The summed E-state index contributed by atoms with van der Waals surface area (Å²) >= 11 is 12.2. The lowest BCUT2D eigenvalue weighted by Gasteiger charge is -2.61. The molecule has 2 aromatic carbocycles. The molecule has 0 spiro atoms. The molecule has 4 atom stereocenters. The lowest BCUT2D eigenvalue weighted by Crippen LogP contribution is -2.56. The van der Waals surface area contributed by atoms with Crippen molar-refractivity contribution < 1.29 is 0 Å². The van der Waals surface area contributed by atoms with Crippen LogP contribution >= 0.6 is 23.2 Å². The molecule has 1 aromatic heterocycles. The predicted octanol–water partition coefficient (Wildman–Crippen LogP) is 5.74. The number of aromatic nitrogens is 2. The molecule has 3 N–H and O–H groups in total. The van der Waals surface area contributed by atoms with Crippen LogP contribution in [0.15, 0.2) is 52.5 Å². The van der Waals surface area contributed by atoms with E-state index in [4.69, 9.17) is 33.9 Å². The Bertz CT molecular complexity index is 1370. The third-order valence-corrected chi connectivity index (χ3v) is 8.94. The third kappa shape index (κ3) is 4.54. The van der Waals surface area contributed by atoms with E-state index in [1.807, 2.05) is 18.2 Å². The molecule has 0 saturated heterocycles. The fraction of sp³-hybridized carbons (Fsp3) is 0.444. The van der Waals surface area contributed by atoms with Gasteiger partial charge in [0.15, 0.2) is 5.96 Å². The number of fused-ring (bicyclic) bond motifs is 3. The summed E-state index contributed by atoms with van der Waals surface area (Å²) in [4.78, 5) is 22.3. The van der Waals surface area contributed by atoms with Gasteiger partial charge in [-0.25, -0.2) is 9.98 Å². The largest absolute Gasteiger partial charge is 0.370 e. The maximum atomic E-state index is 13.0. The quantitative estimate of drug-likeness (QED) is 0.337. The first-order chi connectivity index (χ1) is 16.6. The number of hydrogen-bond acceptors (Lipinski definition) is 3. The van der Waals surface area contributed by atoms with Crippen LogP contribution in [0.25, 0.3) is 10.9 Å². The molecule has 3 aromatic rings. The first-order valence-electron chi connectivity index (χ1n) is 12.2. The number of nitrogens with two attached hydrogens (primary N) is 1.